The molecule has 6 aromatic rings. The number of hydrogen-bond acceptors (Lipinski definition) is 9. The Morgan fingerprint density at radius 3 is 2.46 bits per heavy atom. The molecule has 0 saturated carbocycles. The van der Waals surface area contributed by atoms with Crippen LogP contribution in [0.2, 0.25) is 0 Å². The van der Waals surface area contributed by atoms with E-state index in [0.717, 1.165) is 53.2 Å². The molecule has 3 aromatic heterocycles. The maximum atomic E-state index is 13.6. The lowest BCUT2D eigenvalue weighted by molar-refractivity contribution is -0.384. The molecule has 4 heterocycles. The van der Waals surface area contributed by atoms with Crippen LogP contribution >= 0.6 is 0 Å². The Morgan fingerprint density at radius 1 is 0.938 bits per heavy atom. The summed E-state index contributed by atoms with van der Waals surface area (Å²) in [5, 5.41) is 30.9. The number of anilines is 1. The van der Waals surface area contributed by atoms with Gasteiger partial charge >= 0.3 is 0 Å². The van der Waals surface area contributed by atoms with Crippen LogP contribution in [0.15, 0.2) is 104 Å². The molecule has 0 aliphatic carbocycles. The summed E-state index contributed by atoms with van der Waals surface area (Å²) in [7, 11) is 0. The Bertz CT molecular complexity index is 2060. The summed E-state index contributed by atoms with van der Waals surface area (Å²) < 4.78 is 9.43. The smallest absolute Gasteiger partial charge is 0.269 e. The Morgan fingerprint density at radius 2 is 1.69 bits per heavy atom. The minimum absolute atomic E-state index is 0.000935. The molecular weight excluding hydrogens is 610 g/mol. The number of pyridine rings is 1. The molecule has 1 amide bonds. The standard InChI is InChI=1S/C35H31N9O4/c45-35(38-21-24-6-10-29(11-7-24)48-30-12-8-28(9-13-30)44(46)47)34-32(40-43-18-2-5-33(34)43)23-42-22-31(39-41-42)26-3-1-4-27(19-26)37-20-25-14-16-36-17-15-25/h1,3-4,6-17,19,22,37H,2,5,18,20-21,23H2,(H,38,45). The fraction of sp³-hybridized carbons (Fsp3) is 0.171. The van der Waals surface area contributed by atoms with E-state index in [4.69, 9.17) is 9.84 Å². The van der Waals surface area contributed by atoms with Gasteiger partial charge in [0.15, 0.2) is 0 Å². The van der Waals surface area contributed by atoms with Crippen LogP contribution in [0, 0.1) is 10.1 Å². The average molecular weight is 642 g/mol. The van der Waals surface area contributed by atoms with Crippen LogP contribution in [0.4, 0.5) is 11.4 Å². The van der Waals surface area contributed by atoms with Gasteiger partial charge in [-0.05, 0) is 72.5 Å². The normalized spacial score (nSPS) is 12.0. The SMILES string of the molecule is O=C(NCc1ccc(Oc2ccc([N+](=O)[O-])cc2)cc1)c1c(Cn2cc(-c3cccc(NCc4ccncc4)c3)nn2)nn2c1CCC2. The van der Waals surface area contributed by atoms with Crippen LogP contribution < -0.4 is 15.4 Å². The first-order valence-corrected chi connectivity index (χ1v) is 15.5. The van der Waals surface area contributed by atoms with E-state index in [0.29, 0.717) is 42.4 Å². The number of aromatic nitrogens is 6. The molecule has 1 aliphatic rings. The predicted octanol–water partition coefficient (Wildman–Crippen LogP) is 5.77. The van der Waals surface area contributed by atoms with Crippen molar-refractivity contribution in [1.29, 1.82) is 0 Å². The second-order valence-corrected chi connectivity index (χ2v) is 11.4. The number of benzene rings is 3. The molecule has 0 saturated heterocycles. The van der Waals surface area contributed by atoms with Crippen LogP contribution in [-0.2, 0) is 32.6 Å². The Labute approximate surface area is 275 Å². The highest BCUT2D eigenvalue weighted by molar-refractivity contribution is 5.96. The third-order valence-corrected chi connectivity index (χ3v) is 8.06. The van der Waals surface area contributed by atoms with Gasteiger partial charge in [-0.1, -0.05) is 29.5 Å². The molecule has 0 radical (unpaired) electrons. The minimum Gasteiger partial charge on any atom is -0.457 e. The van der Waals surface area contributed by atoms with Crippen LogP contribution in [0.25, 0.3) is 11.3 Å². The van der Waals surface area contributed by atoms with Gasteiger partial charge in [-0.3, -0.25) is 24.6 Å². The van der Waals surface area contributed by atoms with Crippen molar-refractivity contribution in [1.82, 2.24) is 35.1 Å². The van der Waals surface area contributed by atoms with Crippen LogP contribution in [0.5, 0.6) is 11.5 Å². The van der Waals surface area contributed by atoms with Crippen LogP contribution in [0.3, 0.4) is 0 Å². The van der Waals surface area contributed by atoms with Crippen molar-refractivity contribution in [2.45, 2.75) is 39.0 Å². The van der Waals surface area contributed by atoms with Gasteiger partial charge in [0.1, 0.15) is 17.2 Å². The third kappa shape index (κ3) is 6.89. The second kappa shape index (κ2) is 13.5. The van der Waals surface area contributed by atoms with E-state index in [9.17, 15) is 14.9 Å². The van der Waals surface area contributed by atoms with E-state index in [1.807, 2.05) is 59.4 Å². The summed E-state index contributed by atoms with van der Waals surface area (Å²) in [6.45, 7) is 2.08. The summed E-state index contributed by atoms with van der Waals surface area (Å²) in [6.07, 6.45) is 7.15. The number of non-ortho nitro benzene ring substituents is 1. The highest BCUT2D eigenvalue weighted by Gasteiger charge is 2.27. The molecule has 13 nitrogen and oxygen atoms in total. The van der Waals surface area contributed by atoms with Crippen LogP contribution in [0.1, 0.15) is 39.3 Å². The molecule has 2 N–H and O–H groups in total. The van der Waals surface area contributed by atoms with E-state index in [1.165, 1.54) is 12.1 Å². The topological polar surface area (TPSA) is 155 Å². The van der Waals surface area contributed by atoms with Crippen molar-refractivity contribution in [2.75, 3.05) is 5.32 Å². The van der Waals surface area contributed by atoms with Crippen molar-refractivity contribution in [3.05, 3.63) is 142 Å². The van der Waals surface area contributed by atoms with E-state index >= 15 is 0 Å². The van der Waals surface area contributed by atoms with Gasteiger partial charge in [0, 0.05) is 55.4 Å². The number of rotatable bonds is 12. The molecule has 0 bridgehead atoms. The summed E-state index contributed by atoms with van der Waals surface area (Å²) in [5.74, 6) is 0.884. The number of nitro groups is 1. The number of carbonyl (C=O) groups is 1. The molecule has 0 unspecified atom stereocenters. The second-order valence-electron chi connectivity index (χ2n) is 11.4. The maximum absolute atomic E-state index is 13.6. The molecule has 1 aliphatic heterocycles. The zero-order valence-electron chi connectivity index (χ0n) is 25.8. The van der Waals surface area contributed by atoms with E-state index in [1.54, 1.807) is 41.3 Å². The lowest BCUT2D eigenvalue weighted by atomic mass is 10.1. The highest BCUT2D eigenvalue weighted by atomic mass is 16.6. The summed E-state index contributed by atoms with van der Waals surface area (Å²) in [6, 6.07) is 25.2. The molecule has 0 atom stereocenters. The molecule has 7 rings (SSSR count). The monoisotopic (exact) mass is 641 g/mol. The molecular formula is C35H31N9O4. The summed E-state index contributed by atoms with van der Waals surface area (Å²) in [5.41, 5.74) is 6.82. The number of fused-ring (bicyclic) bond motifs is 1. The molecule has 0 fully saturated rings. The van der Waals surface area contributed by atoms with Gasteiger partial charge < -0.3 is 15.4 Å². The lowest BCUT2D eigenvalue weighted by Gasteiger charge is -2.09. The van der Waals surface area contributed by atoms with Gasteiger partial charge in [-0.15, -0.1) is 5.10 Å². The molecule has 3 aromatic carbocycles. The zero-order chi connectivity index (χ0) is 32.9. The first-order chi connectivity index (χ1) is 23.5. The average Bonchev–Trinajstić information content (AvgIpc) is 3.85. The Balaban J connectivity index is 0.996. The number of nitrogens with one attached hydrogen (secondary N) is 2. The van der Waals surface area contributed by atoms with Gasteiger partial charge in [0.05, 0.1) is 34.6 Å². The highest BCUT2D eigenvalue weighted by Crippen LogP contribution is 2.26. The fourth-order valence-electron chi connectivity index (χ4n) is 5.63. The van der Waals surface area contributed by atoms with Crippen molar-refractivity contribution in [3.63, 3.8) is 0 Å². The number of nitro benzene ring substituents is 1. The largest absolute Gasteiger partial charge is 0.457 e. The third-order valence-electron chi connectivity index (χ3n) is 8.06. The summed E-state index contributed by atoms with van der Waals surface area (Å²) in [4.78, 5) is 28.1. The van der Waals surface area contributed by atoms with E-state index in [-0.39, 0.29) is 11.6 Å². The van der Waals surface area contributed by atoms with Gasteiger partial charge in [0.25, 0.3) is 11.6 Å². The molecule has 0 spiro atoms. The van der Waals surface area contributed by atoms with Gasteiger partial charge in [-0.25, -0.2) is 4.68 Å². The van der Waals surface area contributed by atoms with Gasteiger partial charge in [0.2, 0.25) is 0 Å². The van der Waals surface area contributed by atoms with E-state index in [2.05, 4.69) is 25.9 Å². The number of carbonyl (C=O) groups excluding carboxylic acids is 1. The predicted molar refractivity (Wildman–Crippen MR) is 177 cm³/mol. The first-order valence-electron chi connectivity index (χ1n) is 15.5. The van der Waals surface area contributed by atoms with Crippen molar-refractivity contribution in [2.24, 2.45) is 0 Å². The van der Waals surface area contributed by atoms with Crippen molar-refractivity contribution in [3.8, 4) is 22.8 Å². The quantitative estimate of drug-likeness (QED) is 0.125. The van der Waals surface area contributed by atoms with Crippen molar-refractivity contribution < 1.29 is 14.5 Å². The summed E-state index contributed by atoms with van der Waals surface area (Å²) >= 11 is 0. The molecule has 48 heavy (non-hydrogen) atoms. The first kappa shape index (κ1) is 30.3. The fourth-order valence-corrected chi connectivity index (χ4v) is 5.63. The number of ether oxygens (including phenoxy) is 1. The minimum atomic E-state index is -0.454. The number of amides is 1. The number of nitrogens with zero attached hydrogens (tertiary/aromatic N) is 7. The lowest BCUT2D eigenvalue weighted by Crippen LogP contribution is -2.25. The maximum Gasteiger partial charge on any atom is 0.269 e. The van der Waals surface area contributed by atoms with Crippen LogP contribution in [-0.4, -0.2) is 40.6 Å². The van der Waals surface area contributed by atoms with Gasteiger partial charge in [-0.2, -0.15) is 5.10 Å². The number of hydrogen-bond donors (Lipinski definition) is 2. The zero-order valence-corrected chi connectivity index (χ0v) is 25.8. The van der Waals surface area contributed by atoms with Crippen molar-refractivity contribution >= 4 is 17.3 Å². The molecule has 240 valence electrons. The molecule has 13 heteroatoms. The Hall–Kier alpha value is -6.37. The van der Waals surface area contributed by atoms with E-state index < -0.39 is 4.92 Å². The number of aryl methyl sites for hydroxylation is 1. The Kier molecular flexibility index (Phi) is 8.55.